The van der Waals surface area contributed by atoms with E-state index in [2.05, 4.69) is 47.9 Å². The Labute approximate surface area is 99.5 Å². The van der Waals surface area contributed by atoms with E-state index in [1.165, 1.54) is 18.4 Å². The summed E-state index contributed by atoms with van der Waals surface area (Å²) in [7, 11) is 2.01. The fourth-order valence-corrected chi connectivity index (χ4v) is 1.84. The number of nitrogens with one attached hydrogen (secondary N) is 2. The largest absolute Gasteiger partial charge is 0.318 e. The lowest BCUT2D eigenvalue weighted by molar-refractivity contribution is 0.480. The van der Waals surface area contributed by atoms with Crippen LogP contribution in [0, 0.1) is 0 Å². The summed E-state index contributed by atoms with van der Waals surface area (Å²) in [4.78, 5) is 0. The first-order valence-electron chi connectivity index (χ1n) is 6.28. The van der Waals surface area contributed by atoms with Gasteiger partial charge in [-0.2, -0.15) is 0 Å². The molecule has 90 valence electrons. The average molecular weight is 220 g/mol. The molecule has 0 spiro atoms. The molecule has 16 heavy (non-hydrogen) atoms. The van der Waals surface area contributed by atoms with Crippen LogP contribution in [-0.2, 0) is 6.42 Å². The first-order chi connectivity index (χ1) is 7.86. The Kier molecular flexibility index (Phi) is 6.86. The van der Waals surface area contributed by atoms with Gasteiger partial charge in [-0.1, -0.05) is 43.7 Å². The minimum Gasteiger partial charge on any atom is -0.318 e. The van der Waals surface area contributed by atoms with Crippen molar-refractivity contribution >= 4 is 0 Å². The summed E-state index contributed by atoms with van der Waals surface area (Å²) in [6, 6.07) is 11.2. The van der Waals surface area contributed by atoms with Crippen molar-refractivity contribution in [3.05, 3.63) is 35.9 Å². The van der Waals surface area contributed by atoms with Gasteiger partial charge in [0, 0.05) is 12.6 Å². The van der Waals surface area contributed by atoms with Crippen molar-refractivity contribution in [3.63, 3.8) is 0 Å². The molecule has 1 atom stereocenters. The molecule has 2 heteroatoms. The van der Waals surface area contributed by atoms with Gasteiger partial charge in [-0.15, -0.1) is 0 Å². The average Bonchev–Trinajstić information content (AvgIpc) is 2.31. The van der Waals surface area contributed by atoms with Gasteiger partial charge in [0.15, 0.2) is 0 Å². The second-order valence-electron chi connectivity index (χ2n) is 4.25. The minimum atomic E-state index is 0.541. The van der Waals surface area contributed by atoms with Gasteiger partial charge in [0.1, 0.15) is 0 Å². The molecule has 0 fully saturated rings. The molecule has 0 radical (unpaired) electrons. The molecule has 0 amide bonds. The lowest BCUT2D eigenvalue weighted by Crippen LogP contribution is -2.39. The van der Waals surface area contributed by atoms with Crippen LogP contribution in [0.2, 0.25) is 0 Å². The van der Waals surface area contributed by atoms with E-state index in [0.29, 0.717) is 6.04 Å². The standard InChI is InChI=1S/C14H24N2/c1-3-4-10-16-14(12-15-2)11-13-8-6-5-7-9-13/h5-9,14-16H,3-4,10-12H2,1-2H3. The van der Waals surface area contributed by atoms with Gasteiger partial charge in [-0.05, 0) is 32.0 Å². The van der Waals surface area contributed by atoms with Gasteiger partial charge in [0.2, 0.25) is 0 Å². The summed E-state index contributed by atoms with van der Waals surface area (Å²) in [6.45, 7) is 4.38. The summed E-state index contributed by atoms with van der Waals surface area (Å²) >= 11 is 0. The van der Waals surface area contributed by atoms with Crippen molar-refractivity contribution in [2.45, 2.75) is 32.2 Å². The molecule has 1 rings (SSSR count). The molecule has 0 bridgehead atoms. The van der Waals surface area contributed by atoms with Crippen LogP contribution in [-0.4, -0.2) is 26.2 Å². The van der Waals surface area contributed by atoms with Crippen LogP contribution in [0.1, 0.15) is 25.3 Å². The first-order valence-corrected chi connectivity index (χ1v) is 6.28. The molecule has 0 aliphatic heterocycles. The van der Waals surface area contributed by atoms with E-state index in [4.69, 9.17) is 0 Å². The Morgan fingerprint density at radius 3 is 2.56 bits per heavy atom. The topological polar surface area (TPSA) is 24.1 Å². The van der Waals surface area contributed by atoms with E-state index in [-0.39, 0.29) is 0 Å². The summed E-state index contributed by atoms with van der Waals surface area (Å²) < 4.78 is 0. The van der Waals surface area contributed by atoms with Gasteiger partial charge in [0.05, 0.1) is 0 Å². The fraction of sp³-hybridized carbons (Fsp3) is 0.571. The molecular formula is C14H24N2. The number of hydrogen-bond donors (Lipinski definition) is 2. The van der Waals surface area contributed by atoms with E-state index in [1.807, 2.05) is 7.05 Å². The minimum absolute atomic E-state index is 0.541. The molecule has 0 aromatic heterocycles. The molecule has 2 nitrogen and oxygen atoms in total. The zero-order valence-corrected chi connectivity index (χ0v) is 10.5. The summed E-state index contributed by atoms with van der Waals surface area (Å²) in [6.07, 6.45) is 3.62. The van der Waals surface area contributed by atoms with Crippen molar-refractivity contribution < 1.29 is 0 Å². The van der Waals surface area contributed by atoms with E-state index in [1.54, 1.807) is 0 Å². The summed E-state index contributed by atoms with van der Waals surface area (Å²) in [5, 5.41) is 6.86. The highest BCUT2D eigenvalue weighted by atomic mass is 15.0. The van der Waals surface area contributed by atoms with Gasteiger partial charge in [0.25, 0.3) is 0 Å². The summed E-state index contributed by atoms with van der Waals surface area (Å²) in [5.41, 5.74) is 1.41. The molecule has 1 unspecified atom stereocenters. The van der Waals surface area contributed by atoms with Crippen molar-refractivity contribution in [1.29, 1.82) is 0 Å². The zero-order valence-electron chi connectivity index (χ0n) is 10.5. The van der Waals surface area contributed by atoms with Crippen molar-refractivity contribution in [2.75, 3.05) is 20.1 Å². The van der Waals surface area contributed by atoms with Crippen molar-refractivity contribution in [3.8, 4) is 0 Å². The molecule has 1 aromatic rings. The Hall–Kier alpha value is -0.860. The monoisotopic (exact) mass is 220 g/mol. The van der Waals surface area contributed by atoms with Crippen LogP contribution in [0.4, 0.5) is 0 Å². The van der Waals surface area contributed by atoms with Crippen LogP contribution < -0.4 is 10.6 Å². The van der Waals surface area contributed by atoms with Gasteiger partial charge < -0.3 is 10.6 Å². The van der Waals surface area contributed by atoms with E-state index < -0.39 is 0 Å². The molecular weight excluding hydrogens is 196 g/mol. The van der Waals surface area contributed by atoms with Crippen LogP contribution >= 0.6 is 0 Å². The summed E-state index contributed by atoms with van der Waals surface area (Å²) in [5.74, 6) is 0. The van der Waals surface area contributed by atoms with Crippen LogP contribution in [0.3, 0.4) is 0 Å². The second-order valence-corrected chi connectivity index (χ2v) is 4.25. The predicted octanol–water partition coefficient (Wildman–Crippen LogP) is 2.21. The first kappa shape index (κ1) is 13.2. The molecule has 0 aliphatic carbocycles. The predicted molar refractivity (Wildman–Crippen MR) is 70.8 cm³/mol. The number of hydrogen-bond acceptors (Lipinski definition) is 2. The Balaban J connectivity index is 2.38. The van der Waals surface area contributed by atoms with Crippen LogP contribution in [0.15, 0.2) is 30.3 Å². The molecule has 0 heterocycles. The number of unbranched alkanes of at least 4 members (excludes halogenated alkanes) is 1. The Morgan fingerprint density at radius 1 is 1.19 bits per heavy atom. The van der Waals surface area contributed by atoms with Gasteiger partial charge >= 0.3 is 0 Å². The third-order valence-corrected chi connectivity index (χ3v) is 2.74. The van der Waals surface area contributed by atoms with Crippen LogP contribution in [0.25, 0.3) is 0 Å². The molecule has 0 aliphatic rings. The maximum Gasteiger partial charge on any atom is 0.0232 e. The number of rotatable bonds is 8. The normalized spacial score (nSPS) is 12.6. The number of benzene rings is 1. The highest BCUT2D eigenvalue weighted by Crippen LogP contribution is 2.02. The molecule has 0 saturated heterocycles. The van der Waals surface area contributed by atoms with Crippen molar-refractivity contribution in [2.24, 2.45) is 0 Å². The smallest absolute Gasteiger partial charge is 0.0232 e. The third kappa shape index (κ3) is 5.29. The van der Waals surface area contributed by atoms with Gasteiger partial charge in [-0.25, -0.2) is 0 Å². The quantitative estimate of drug-likeness (QED) is 0.656. The Bertz CT molecular complexity index is 259. The maximum atomic E-state index is 3.61. The highest BCUT2D eigenvalue weighted by molar-refractivity contribution is 5.15. The molecule has 1 aromatic carbocycles. The van der Waals surface area contributed by atoms with Crippen LogP contribution in [0.5, 0.6) is 0 Å². The van der Waals surface area contributed by atoms with E-state index in [9.17, 15) is 0 Å². The SMILES string of the molecule is CCCCNC(CNC)Cc1ccccc1. The Morgan fingerprint density at radius 2 is 1.94 bits per heavy atom. The van der Waals surface area contributed by atoms with E-state index in [0.717, 1.165) is 19.5 Å². The lowest BCUT2D eigenvalue weighted by atomic mass is 10.1. The molecule has 2 N–H and O–H groups in total. The molecule has 0 saturated carbocycles. The lowest BCUT2D eigenvalue weighted by Gasteiger charge is -2.18. The van der Waals surface area contributed by atoms with Crippen molar-refractivity contribution in [1.82, 2.24) is 10.6 Å². The maximum absolute atomic E-state index is 3.61. The fourth-order valence-electron chi connectivity index (χ4n) is 1.84. The zero-order chi connectivity index (χ0) is 11.6. The van der Waals surface area contributed by atoms with Gasteiger partial charge in [-0.3, -0.25) is 0 Å². The second kappa shape index (κ2) is 8.31. The van der Waals surface area contributed by atoms with E-state index >= 15 is 0 Å². The highest BCUT2D eigenvalue weighted by Gasteiger charge is 2.06. The number of likely N-dealkylation sites (N-methyl/N-ethyl adjacent to an activating group) is 1. The third-order valence-electron chi connectivity index (χ3n) is 2.74.